The van der Waals surface area contributed by atoms with Crippen LogP contribution in [-0.2, 0) is 4.74 Å². The SMILES string of the molecule is O=C(c1ccc(O)c(Br)c1)N1CCOCC1. The molecule has 16 heavy (non-hydrogen) atoms. The Kier molecular flexibility index (Phi) is 3.46. The van der Waals surface area contributed by atoms with Gasteiger partial charge in [0.25, 0.3) is 5.91 Å². The molecular formula is C11H12BrNO3. The average molecular weight is 286 g/mol. The Bertz CT molecular complexity index is 402. The zero-order valence-corrected chi connectivity index (χ0v) is 10.2. The lowest BCUT2D eigenvalue weighted by Gasteiger charge is -2.26. The lowest BCUT2D eigenvalue weighted by Crippen LogP contribution is -2.40. The summed E-state index contributed by atoms with van der Waals surface area (Å²) < 4.78 is 5.72. The molecule has 2 rings (SSSR count). The zero-order chi connectivity index (χ0) is 11.5. The topological polar surface area (TPSA) is 49.8 Å². The van der Waals surface area contributed by atoms with Gasteiger partial charge in [-0.25, -0.2) is 0 Å². The molecule has 1 fully saturated rings. The minimum atomic E-state index is -0.0241. The van der Waals surface area contributed by atoms with E-state index in [1.165, 1.54) is 6.07 Å². The third kappa shape index (κ3) is 2.36. The van der Waals surface area contributed by atoms with Crippen molar-refractivity contribution in [1.29, 1.82) is 0 Å². The highest BCUT2D eigenvalue weighted by molar-refractivity contribution is 9.10. The third-order valence-electron chi connectivity index (χ3n) is 2.49. The number of benzene rings is 1. The highest BCUT2D eigenvalue weighted by Gasteiger charge is 2.18. The molecule has 0 bridgehead atoms. The molecule has 86 valence electrons. The number of halogens is 1. The molecule has 0 saturated carbocycles. The van der Waals surface area contributed by atoms with Gasteiger partial charge < -0.3 is 14.7 Å². The van der Waals surface area contributed by atoms with E-state index in [1.807, 2.05) is 0 Å². The summed E-state index contributed by atoms with van der Waals surface area (Å²) in [6, 6.07) is 4.77. The maximum atomic E-state index is 12.0. The van der Waals surface area contributed by atoms with Gasteiger partial charge in [-0.05, 0) is 34.1 Å². The summed E-state index contributed by atoms with van der Waals surface area (Å²) in [6.45, 7) is 2.42. The molecule has 0 atom stereocenters. The quantitative estimate of drug-likeness (QED) is 0.853. The normalized spacial score (nSPS) is 16.2. The molecule has 0 aromatic heterocycles. The van der Waals surface area contributed by atoms with Crippen molar-refractivity contribution < 1.29 is 14.6 Å². The Morgan fingerprint density at radius 2 is 2.06 bits per heavy atom. The Labute approximate surface area is 102 Å². The van der Waals surface area contributed by atoms with Crippen molar-refractivity contribution >= 4 is 21.8 Å². The van der Waals surface area contributed by atoms with Gasteiger partial charge in [-0.1, -0.05) is 0 Å². The van der Waals surface area contributed by atoms with Crippen molar-refractivity contribution in [1.82, 2.24) is 4.90 Å². The van der Waals surface area contributed by atoms with E-state index in [4.69, 9.17) is 4.74 Å². The Balaban J connectivity index is 2.16. The number of rotatable bonds is 1. The van der Waals surface area contributed by atoms with Gasteiger partial charge in [0.15, 0.2) is 0 Å². The van der Waals surface area contributed by atoms with Crippen molar-refractivity contribution in [2.75, 3.05) is 26.3 Å². The summed E-state index contributed by atoms with van der Waals surface area (Å²) in [5, 5.41) is 9.34. The minimum Gasteiger partial charge on any atom is -0.507 e. The maximum absolute atomic E-state index is 12.0. The second-order valence-electron chi connectivity index (χ2n) is 3.57. The Hall–Kier alpha value is -1.07. The van der Waals surface area contributed by atoms with E-state index in [9.17, 15) is 9.90 Å². The van der Waals surface area contributed by atoms with E-state index in [1.54, 1.807) is 17.0 Å². The fourth-order valence-electron chi connectivity index (χ4n) is 1.59. The van der Waals surface area contributed by atoms with Gasteiger partial charge in [0.1, 0.15) is 5.75 Å². The number of aromatic hydroxyl groups is 1. The summed E-state index contributed by atoms with van der Waals surface area (Å²) in [6.07, 6.45) is 0. The Morgan fingerprint density at radius 3 is 2.69 bits per heavy atom. The van der Waals surface area contributed by atoms with E-state index in [0.717, 1.165) is 0 Å². The van der Waals surface area contributed by atoms with Crippen molar-refractivity contribution in [3.63, 3.8) is 0 Å². The van der Waals surface area contributed by atoms with Crippen LogP contribution in [0.15, 0.2) is 22.7 Å². The molecule has 1 N–H and O–H groups in total. The van der Waals surface area contributed by atoms with Crippen LogP contribution in [0.5, 0.6) is 5.75 Å². The standard InChI is InChI=1S/C11H12BrNO3/c12-9-7-8(1-2-10(9)14)11(15)13-3-5-16-6-4-13/h1-2,7,14H,3-6H2. The predicted octanol–water partition coefficient (Wildman–Crippen LogP) is 1.63. The fourth-order valence-corrected chi connectivity index (χ4v) is 1.97. The van der Waals surface area contributed by atoms with Crippen LogP contribution in [0.3, 0.4) is 0 Å². The molecule has 0 unspecified atom stereocenters. The number of ether oxygens (including phenoxy) is 1. The molecule has 1 aliphatic heterocycles. The second kappa shape index (κ2) is 4.84. The fraction of sp³-hybridized carbons (Fsp3) is 0.364. The third-order valence-corrected chi connectivity index (χ3v) is 3.13. The number of hydrogen-bond acceptors (Lipinski definition) is 3. The largest absolute Gasteiger partial charge is 0.507 e. The number of amides is 1. The predicted molar refractivity (Wildman–Crippen MR) is 62.5 cm³/mol. The van der Waals surface area contributed by atoms with Crippen molar-refractivity contribution in [3.8, 4) is 5.75 Å². The Morgan fingerprint density at radius 1 is 1.38 bits per heavy atom. The van der Waals surface area contributed by atoms with E-state index >= 15 is 0 Å². The van der Waals surface area contributed by atoms with E-state index < -0.39 is 0 Å². The van der Waals surface area contributed by atoms with Crippen LogP contribution in [0.4, 0.5) is 0 Å². The first-order chi connectivity index (χ1) is 7.68. The molecule has 5 heteroatoms. The first-order valence-corrected chi connectivity index (χ1v) is 5.83. The monoisotopic (exact) mass is 285 g/mol. The van der Waals surface area contributed by atoms with Gasteiger partial charge in [0.2, 0.25) is 0 Å². The molecule has 1 heterocycles. The van der Waals surface area contributed by atoms with Gasteiger partial charge in [-0.3, -0.25) is 4.79 Å². The van der Waals surface area contributed by atoms with Gasteiger partial charge in [0, 0.05) is 18.7 Å². The van der Waals surface area contributed by atoms with E-state index in [0.29, 0.717) is 36.3 Å². The van der Waals surface area contributed by atoms with Crippen molar-refractivity contribution in [2.24, 2.45) is 0 Å². The van der Waals surface area contributed by atoms with Crippen LogP contribution in [0.25, 0.3) is 0 Å². The smallest absolute Gasteiger partial charge is 0.254 e. The van der Waals surface area contributed by atoms with Crippen LogP contribution in [0.1, 0.15) is 10.4 Å². The van der Waals surface area contributed by atoms with Crippen LogP contribution in [-0.4, -0.2) is 42.2 Å². The minimum absolute atomic E-state index is 0.0241. The first kappa shape index (κ1) is 11.4. The molecular weight excluding hydrogens is 274 g/mol. The second-order valence-corrected chi connectivity index (χ2v) is 4.43. The van der Waals surface area contributed by atoms with Gasteiger partial charge in [-0.15, -0.1) is 0 Å². The summed E-state index contributed by atoms with van der Waals surface area (Å²) in [7, 11) is 0. The summed E-state index contributed by atoms with van der Waals surface area (Å²) in [5.41, 5.74) is 0.576. The number of phenols is 1. The molecule has 1 aromatic carbocycles. The van der Waals surface area contributed by atoms with E-state index in [2.05, 4.69) is 15.9 Å². The van der Waals surface area contributed by atoms with Crippen LogP contribution in [0, 0.1) is 0 Å². The molecule has 1 amide bonds. The average Bonchev–Trinajstić information content (AvgIpc) is 2.33. The lowest BCUT2D eigenvalue weighted by molar-refractivity contribution is 0.0303. The van der Waals surface area contributed by atoms with Crippen LogP contribution >= 0.6 is 15.9 Å². The van der Waals surface area contributed by atoms with Crippen molar-refractivity contribution in [3.05, 3.63) is 28.2 Å². The number of carbonyl (C=O) groups excluding carboxylic acids is 1. The van der Waals surface area contributed by atoms with Gasteiger partial charge in [0.05, 0.1) is 17.7 Å². The number of morpholine rings is 1. The summed E-state index contributed by atoms with van der Waals surface area (Å²) in [4.78, 5) is 13.8. The van der Waals surface area contributed by atoms with Gasteiger partial charge in [-0.2, -0.15) is 0 Å². The maximum Gasteiger partial charge on any atom is 0.254 e. The number of carbonyl (C=O) groups is 1. The highest BCUT2D eigenvalue weighted by Crippen LogP contribution is 2.24. The van der Waals surface area contributed by atoms with Crippen LogP contribution < -0.4 is 0 Å². The molecule has 1 aliphatic rings. The highest BCUT2D eigenvalue weighted by atomic mass is 79.9. The van der Waals surface area contributed by atoms with Gasteiger partial charge >= 0.3 is 0 Å². The molecule has 0 radical (unpaired) electrons. The molecule has 1 aromatic rings. The van der Waals surface area contributed by atoms with E-state index in [-0.39, 0.29) is 11.7 Å². The summed E-state index contributed by atoms with van der Waals surface area (Å²) >= 11 is 3.19. The van der Waals surface area contributed by atoms with Crippen LogP contribution in [0.2, 0.25) is 0 Å². The molecule has 4 nitrogen and oxygen atoms in total. The number of hydrogen-bond donors (Lipinski definition) is 1. The summed E-state index contributed by atoms with van der Waals surface area (Å²) in [5.74, 6) is 0.113. The number of nitrogens with zero attached hydrogens (tertiary/aromatic N) is 1. The zero-order valence-electron chi connectivity index (χ0n) is 8.65. The number of phenolic OH excluding ortho intramolecular Hbond substituents is 1. The molecule has 1 saturated heterocycles. The lowest BCUT2D eigenvalue weighted by atomic mass is 10.2. The molecule has 0 aliphatic carbocycles. The molecule has 0 spiro atoms. The first-order valence-electron chi connectivity index (χ1n) is 5.04. The van der Waals surface area contributed by atoms with Crippen molar-refractivity contribution in [2.45, 2.75) is 0 Å².